The third kappa shape index (κ3) is 3.17. The Morgan fingerprint density at radius 2 is 1.77 bits per heavy atom. The summed E-state index contributed by atoms with van der Waals surface area (Å²) in [7, 11) is 0. The summed E-state index contributed by atoms with van der Waals surface area (Å²) in [6.07, 6.45) is 2.42. The summed E-state index contributed by atoms with van der Waals surface area (Å²) in [4.78, 5) is 11.5. The highest BCUT2D eigenvalue weighted by Crippen LogP contribution is 2.30. The Morgan fingerprint density at radius 1 is 1.05 bits per heavy atom. The van der Waals surface area contributed by atoms with Crippen molar-refractivity contribution in [2.75, 3.05) is 23.3 Å². The summed E-state index contributed by atoms with van der Waals surface area (Å²) in [5.41, 5.74) is 4.15. The Labute approximate surface area is 136 Å². The van der Waals surface area contributed by atoms with Crippen molar-refractivity contribution >= 4 is 29.1 Å². The molecule has 0 amide bonds. The molecule has 3 rings (SSSR count). The zero-order chi connectivity index (χ0) is 15.7. The first kappa shape index (κ1) is 15.1. The lowest BCUT2D eigenvalue weighted by molar-refractivity contribution is 0.891. The van der Waals surface area contributed by atoms with E-state index in [2.05, 4.69) is 33.2 Å². The molecule has 116 valence electrons. The molecule has 1 fully saturated rings. The molecule has 0 unspecified atom stereocenters. The molecule has 0 atom stereocenters. The van der Waals surface area contributed by atoms with Gasteiger partial charge in [0.2, 0.25) is 5.95 Å². The lowest BCUT2D eigenvalue weighted by Gasteiger charge is -2.18. The van der Waals surface area contributed by atoms with Gasteiger partial charge in [-0.15, -0.1) is 0 Å². The lowest BCUT2D eigenvalue weighted by Crippen LogP contribution is -2.21. The molecule has 0 aliphatic carbocycles. The first-order valence-electron chi connectivity index (χ1n) is 7.67. The van der Waals surface area contributed by atoms with Gasteiger partial charge in [0.1, 0.15) is 5.82 Å². The molecule has 1 aromatic heterocycles. The lowest BCUT2D eigenvalue weighted by atomic mass is 10.1. The van der Waals surface area contributed by atoms with Crippen molar-refractivity contribution < 1.29 is 0 Å². The van der Waals surface area contributed by atoms with Crippen molar-refractivity contribution in [1.29, 1.82) is 0 Å². The Morgan fingerprint density at radius 3 is 2.45 bits per heavy atom. The third-order valence-corrected chi connectivity index (χ3v) is 4.21. The Kier molecular flexibility index (Phi) is 4.21. The van der Waals surface area contributed by atoms with E-state index in [1.807, 2.05) is 26.0 Å². The largest absolute Gasteiger partial charge is 0.341 e. The number of rotatable bonds is 3. The van der Waals surface area contributed by atoms with E-state index in [-0.39, 0.29) is 0 Å². The summed E-state index contributed by atoms with van der Waals surface area (Å²) in [5.74, 6) is 1.60. The minimum absolute atomic E-state index is 0.719. The van der Waals surface area contributed by atoms with Crippen LogP contribution < -0.4 is 10.2 Å². The minimum Gasteiger partial charge on any atom is -0.341 e. The van der Waals surface area contributed by atoms with Crippen molar-refractivity contribution in [3.63, 3.8) is 0 Å². The molecular weight excluding hydrogens is 296 g/mol. The summed E-state index contributed by atoms with van der Waals surface area (Å²) in [6.45, 7) is 8.16. The van der Waals surface area contributed by atoms with Crippen LogP contribution in [0.4, 0.5) is 17.5 Å². The topological polar surface area (TPSA) is 41.1 Å². The smallest absolute Gasteiger partial charge is 0.227 e. The number of aromatic nitrogens is 2. The van der Waals surface area contributed by atoms with E-state index in [9.17, 15) is 0 Å². The van der Waals surface area contributed by atoms with Crippen LogP contribution in [0.5, 0.6) is 0 Å². The van der Waals surface area contributed by atoms with Crippen molar-refractivity contribution in [1.82, 2.24) is 9.97 Å². The van der Waals surface area contributed by atoms with Crippen molar-refractivity contribution in [2.24, 2.45) is 0 Å². The summed E-state index contributed by atoms with van der Waals surface area (Å²) in [5, 5.41) is 4.08. The predicted molar refractivity (Wildman–Crippen MR) is 92.4 cm³/mol. The molecule has 5 heteroatoms. The summed E-state index contributed by atoms with van der Waals surface area (Å²) in [6, 6.07) is 6.03. The monoisotopic (exact) mass is 316 g/mol. The molecule has 4 nitrogen and oxygen atoms in total. The Bertz CT molecular complexity index is 670. The molecule has 1 aliphatic rings. The van der Waals surface area contributed by atoms with Gasteiger partial charge in [-0.1, -0.05) is 17.7 Å². The highest BCUT2D eigenvalue weighted by molar-refractivity contribution is 6.33. The zero-order valence-corrected chi connectivity index (χ0v) is 14.0. The number of benzene rings is 1. The van der Waals surface area contributed by atoms with Crippen molar-refractivity contribution in [2.45, 2.75) is 33.6 Å². The van der Waals surface area contributed by atoms with Crippen LogP contribution in [0.1, 0.15) is 29.7 Å². The standard InChI is InChI=1S/C17H21ClN4/c1-11-8-12(2)16(14(18)9-11)20-15-10-13(3)19-17(21-15)22-6-4-5-7-22/h8-10H,4-7H2,1-3H3,(H,19,20,21). The third-order valence-electron chi connectivity index (χ3n) is 3.92. The normalized spacial score (nSPS) is 14.5. The highest BCUT2D eigenvalue weighted by Gasteiger charge is 2.16. The molecule has 1 aliphatic heterocycles. The fourth-order valence-corrected chi connectivity index (χ4v) is 3.25. The second-order valence-electron chi connectivity index (χ2n) is 5.95. The van der Waals surface area contributed by atoms with Crippen LogP contribution in [0.3, 0.4) is 0 Å². The van der Waals surface area contributed by atoms with Crippen LogP contribution in [0.25, 0.3) is 0 Å². The minimum atomic E-state index is 0.719. The molecule has 1 aromatic carbocycles. The second-order valence-corrected chi connectivity index (χ2v) is 6.36. The van der Waals surface area contributed by atoms with Gasteiger partial charge in [-0.05, 0) is 50.8 Å². The van der Waals surface area contributed by atoms with Gasteiger partial charge in [-0.25, -0.2) is 4.98 Å². The predicted octanol–water partition coefficient (Wildman–Crippen LogP) is 4.40. The van der Waals surface area contributed by atoms with Gasteiger partial charge in [0.25, 0.3) is 0 Å². The van der Waals surface area contributed by atoms with Crippen LogP contribution in [0.2, 0.25) is 5.02 Å². The van der Waals surface area contributed by atoms with E-state index in [1.165, 1.54) is 12.8 Å². The van der Waals surface area contributed by atoms with Gasteiger partial charge in [0.15, 0.2) is 0 Å². The molecule has 22 heavy (non-hydrogen) atoms. The van der Waals surface area contributed by atoms with Crippen LogP contribution in [-0.2, 0) is 0 Å². The van der Waals surface area contributed by atoms with Gasteiger partial charge in [-0.3, -0.25) is 0 Å². The average molecular weight is 317 g/mol. The molecule has 2 aromatic rings. The van der Waals surface area contributed by atoms with Gasteiger partial charge >= 0.3 is 0 Å². The number of halogens is 1. The van der Waals surface area contributed by atoms with E-state index >= 15 is 0 Å². The second kappa shape index (κ2) is 6.13. The van der Waals surface area contributed by atoms with E-state index in [1.54, 1.807) is 0 Å². The maximum atomic E-state index is 6.38. The average Bonchev–Trinajstić information content (AvgIpc) is 2.96. The van der Waals surface area contributed by atoms with E-state index in [4.69, 9.17) is 11.6 Å². The quantitative estimate of drug-likeness (QED) is 0.911. The highest BCUT2D eigenvalue weighted by atomic mass is 35.5. The van der Waals surface area contributed by atoms with E-state index in [0.29, 0.717) is 0 Å². The fraction of sp³-hybridized carbons (Fsp3) is 0.412. The number of aryl methyl sites for hydroxylation is 3. The van der Waals surface area contributed by atoms with E-state index in [0.717, 1.165) is 52.4 Å². The summed E-state index contributed by atoms with van der Waals surface area (Å²) >= 11 is 6.38. The van der Waals surface area contributed by atoms with Gasteiger partial charge in [-0.2, -0.15) is 4.98 Å². The van der Waals surface area contributed by atoms with E-state index < -0.39 is 0 Å². The first-order valence-corrected chi connectivity index (χ1v) is 8.05. The van der Waals surface area contributed by atoms with Gasteiger partial charge in [0.05, 0.1) is 10.7 Å². The SMILES string of the molecule is Cc1cc(C)c(Nc2cc(C)nc(N3CCCC3)n2)c(Cl)c1. The molecule has 0 bridgehead atoms. The molecule has 1 saturated heterocycles. The number of anilines is 3. The van der Waals surface area contributed by atoms with Crippen LogP contribution in [0, 0.1) is 20.8 Å². The van der Waals surface area contributed by atoms with Crippen LogP contribution >= 0.6 is 11.6 Å². The molecule has 1 N–H and O–H groups in total. The summed E-state index contributed by atoms with van der Waals surface area (Å²) < 4.78 is 0. The molecule has 0 spiro atoms. The van der Waals surface area contributed by atoms with Gasteiger partial charge < -0.3 is 10.2 Å². The number of hydrogen-bond acceptors (Lipinski definition) is 4. The maximum absolute atomic E-state index is 6.38. The number of hydrogen-bond donors (Lipinski definition) is 1. The first-order chi connectivity index (χ1) is 10.5. The number of nitrogens with one attached hydrogen (secondary N) is 1. The molecule has 0 saturated carbocycles. The Hall–Kier alpha value is -1.81. The molecule has 0 radical (unpaired) electrons. The van der Waals surface area contributed by atoms with Gasteiger partial charge in [0, 0.05) is 24.8 Å². The maximum Gasteiger partial charge on any atom is 0.227 e. The van der Waals surface area contributed by atoms with Crippen LogP contribution in [-0.4, -0.2) is 23.1 Å². The number of nitrogens with zero attached hydrogens (tertiary/aromatic N) is 3. The molecular formula is C17H21ClN4. The Balaban J connectivity index is 1.92. The fourth-order valence-electron chi connectivity index (χ4n) is 2.88. The van der Waals surface area contributed by atoms with Crippen LogP contribution in [0.15, 0.2) is 18.2 Å². The van der Waals surface area contributed by atoms with Crippen molar-refractivity contribution in [3.05, 3.63) is 40.0 Å². The van der Waals surface area contributed by atoms with Crippen molar-refractivity contribution in [3.8, 4) is 0 Å². The molecule has 2 heterocycles. The zero-order valence-electron chi connectivity index (χ0n) is 13.3.